The van der Waals surface area contributed by atoms with Crippen LogP contribution in [0.1, 0.15) is 26.7 Å². The van der Waals surface area contributed by atoms with Gasteiger partial charge < -0.3 is 14.9 Å². The van der Waals surface area contributed by atoms with E-state index in [0.717, 1.165) is 6.42 Å². The van der Waals surface area contributed by atoms with E-state index in [1.165, 1.54) is 13.0 Å². The minimum absolute atomic E-state index is 0.317. The Balaban J connectivity index is 2.71. The number of hydrogen-bond donors (Lipinski definition) is 2. The number of ether oxygens (including phenoxy) is 1. The van der Waals surface area contributed by atoms with Gasteiger partial charge in [-0.25, -0.2) is 4.79 Å². The molecule has 0 saturated carbocycles. The van der Waals surface area contributed by atoms with E-state index in [-0.39, 0.29) is 5.97 Å². The van der Waals surface area contributed by atoms with Crippen molar-refractivity contribution in [3.05, 3.63) is 23.5 Å². The largest absolute Gasteiger partial charge is 0.423 e. The van der Waals surface area contributed by atoms with Crippen molar-refractivity contribution in [1.82, 2.24) is 0 Å². The van der Waals surface area contributed by atoms with E-state index in [4.69, 9.17) is 9.84 Å². The maximum atomic E-state index is 11.3. The molecule has 0 unspecified atom stereocenters. The molecule has 0 aliphatic carbocycles. The molecule has 0 aromatic rings. The fourth-order valence-electron chi connectivity index (χ4n) is 1.27. The van der Waals surface area contributed by atoms with Crippen molar-refractivity contribution in [3.8, 4) is 0 Å². The zero-order valence-corrected chi connectivity index (χ0v) is 8.93. The standard InChI is InChI=1S/C11H16O4/c1-3-4-8-5-9(15-11(8)14)6-10(13)7(2)12/h5-7,10,12-13H,3-4H2,1-2H3/b9-6+/t7-,10+/m1/s1. The first kappa shape index (κ1) is 11.9. The fourth-order valence-corrected chi connectivity index (χ4v) is 1.27. The Hall–Kier alpha value is -1.13. The molecule has 1 aliphatic rings. The number of carbonyl (C=O) groups excluding carboxylic acids is 1. The van der Waals surface area contributed by atoms with Crippen LogP contribution in [0.4, 0.5) is 0 Å². The number of aliphatic hydroxyl groups is 2. The Bertz CT molecular complexity index is 302. The fraction of sp³-hybridized carbons (Fsp3) is 0.545. The maximum absolute atomic E-state index is 11.3. The van der Waals surface area contributed by atoms with Crippen molar-refractivity contribution in [2.45, 2.75) is 38.9 Å². The van der Waals surface area contributed by atoms with Crippen LogP contribution < -0.4 is 0 Å². The predicted octanol–water partition coefficient (Wildman–Crippen LogP) is 0.895. The Kier molecular flexibility index (Phi) is 4.05. The van der Waals surface area contributed by atoms with Gasteiger partial charge in [0.1, 0.15) is 11.9 Å². The first-order valence-corrected chi connectivity index (χ1v) is 5.05. The molecule has 0 aromatic heterocycles. The molecule has 15 heavy (non-hydrogen) atoms. The normalized spacial score (nSPS) is 22.5. The topological polar surface area (TPSA) is 66.8 Å². The van der Waals surface area contributed by atoms with E-state index in [1.54, 1.807) is 6.08 Å². The van der Waals surface area contributed by atoms with Gasteiger partial charge in [0.05, 0.1) is 6.10 Å². The van der Waals surface area contributed by atoms with Crippen LogP contribution >= 0.6 is 0 Å². The Morgan fingerprint density at radius 3 is 2.73 bits per heavy atom. The molecule has 4 heteroatoms. The molecule has 2 N–H and O–H groups in total. The van der Waals surface area contributed by atoms with E-state index in [0.29, 0.717) is 17.8 Å². The zero-order valence-electron chi connectivity index (χ0n) is 8.93. The first-order chi connectivity index (χ1) is 7.04. The summed E-state index contributed by atoms with van der Waals surface area (Å²) in [7, 11) is 0. The zero-order chi connectivity index (χ0) is 11.4. The highest BCUT2D eigenvalue weighted by atomic mass is 16.5. The molecular weight excluding hydrogens is 196 g/mol. The van der Waals surface area contributed by atoms with Gasteiger partial charge in [-0.1, -0.05) is 13.3 Å². The lowest BCUT2D eigenvalue weighted by molar-refractivity contribution is -0.133. The molecule has 1 aliphatic heterocycles. The number of cyclic esters (lactones) is 1. The molecule has 0 spiro atoms. The number of carbonyl (C=O) groups is 1. The Morgan fingerprint density at radius 1 is 1.53 bits per heavy atom. The predicted molar refractivity (Wildman–Crippen MR) is 54.9 cm³/mol. The van der Waals surface area contributed by atoms with Crippen molar-refractivity contribution in [2.24, 2.45) is 0 Å². The molecule has 0 amide bonds. The van der Waals surface area contributed by atoms with Crippen LogP contribution in [0.3, 0.4) is 0 Å². The number of allylic oxidation sites excluding steroid dienone is 1. The molecule has 1 rings (SSSR count). The lowest BCUT2D eigenvalue weighted by Gasteiger charge is -2.08. The van der Waals surface area contributed by atoms with Crippen LogP contribution in [0.25, 0.3) is 0 Å². The van der Waals surface area contributed by atoms with Gasteiger partial charge in [-0.15, -0.1) is 0 Å². The number of rotatable bonds is 4. The lowest BCUT2D eigenvalue weighted by atomic mass is 10.1. The number of hydrogen-bond acceptors (Lipinski definition) is 4. The third-order valence-corrected chi connectivity index (χ3v) is 2.14. The second-order valence-electron chi connectivity index (χ2n) is 3.61. The highest BCUT2D eigenvalue weighted by molar-refractivity contribution is 5.92. The maximum Gasteiger partial charge on any atom is 0.339 e. The first-order valence-electron chi connectivity index (χ1n) is 5.05. The monoisotopic (exact) mass is 212 g/mol. The van der Waals surface area contributed by atoms with Gasteiger partial charge in [-0.05, 0) is 25.5 Å². The molecule has 0 radical (unpaired) electrons. The molecule has 0 saturated heterocycles. The van der Waals surface area contributed by atoms with Crippen molar-refractivity contribution in [1.29, 1.82) is 0 Å². The summed E-state index contributed by atoms with van der Waals surface area (Å²) in [5, 5.41) is 18.4. The summed E-state index contributed by atoms with van der Waals surface area (Å²) in [4.78, 5) is 11.3. The summed E-state index contributed by atoms with van der Waals surface area (Å²) < 4.78 is 4.91. The van der Waals surface area contributed by atoms with Crippen LogP contribution in [-0.2, 0) is 9.53 Å². The molecule has 4 nitrogen and oxygen atoms in total. The van der Waals surface area contributed by atoms with E-state index in [9.17, 15) is 9.90 Å². The van der Waals surface area contributed by atoms with Crippen LogP contribution in [0.15, 0.2) is 23.5 Å². The van der Waals surface area contributed by atoms with Gasteiger partial charge >= 0.3 is 5.97 Å². The summed E-state index contributed by atoms with van der Waals surface area (Å²) in [6.45, 7) is 3.44. The third kappa shape index (κ3) is 3.18. The van der Waals surface area contributed by atoms with Gasteiger partial charge in [0, 0.05) is 5.57 Å². The van der Waals surface area contributed by atoms with Gasteiger partial charge in [0.25, 0.3) is 0 Å². The van der Waals surface area contributed by atoms with Crippen LogP contribution in [-0.4, -0.2) is 28.4 Å². The molecule has 0 fully saturated rings. The summed E-state index contributed by atoms with van der Waals surface area (Å²) in [6, 6.07) is 0. The SMILES string of the molecule is CCCC1=C/C(=C\[C@H](O)[C@@H](C)O)OC1=O. The van der Waals surface area contributed by atoms with Crippen LogP contribution in [0, 0.1) is 0 Å². The molecule has 1 heterocycles. The summed E-state index contributed by atoms with van der Waals surface area (Å²) in [5.41, 5.74) is 0.613. The van der Waals surface area contributed by atoms with Crippen LogP contribution in [0.2, 0.25) is 0 Å². The van der Waals surface area contributed by atoms with Gasteiger partial charge in [0.2, 0.25) is 0 Å². The number of esters is 1. The van der Waals surface area contributed by atoms with Crippen molar-refractivity contribution < 1.29 is 19.7 Å². The number of aliphatic hydroxyl groups excluding tert-OH is 2. The lowest BCUT2D eigenvalue weighted by Crippen LogP contribution is -2.20. The highest BCUT2D eigenvalue weighted by Gasteiger charge is 2.21. The Labute approximate surface area is 88.9 Å². The van der Waals surface area contributed by atoms with Gasteiger partial charge in [-0.2, -0.15) is 0 Å². The van der Waals surface area contributed by atoms with Gasteiger partial charge in [-0.3, -0.25) is 0 Å². The average Bonchev–Trinajstić information content (AvgIpc) is 2.47. The highest BCUT2D eigenvalue weighted by Crippen LogP contribution is 2.21. The summed E-state index contributed by atoms with van der Waals surface area (Å²) in [5.74, 6) is -0.0438. The molecule has 2 atom stereocenters. The third-order valence-electron chi connectivity index (χ3n) is 2.14. The summed E-state index contributed by atoms with van der Waals surface area (Å²) >= 11 is 0. The van der Waals surface area contributed by atoms with Gasteiger partial charge in [0.15, 0.2) is 0 Å². The van der Waals surface area contributed by atoms with Crippen molar-refractivity contribution >= 4 is 5.97 Å². The second-order valence-corrected chi connectivity index (χ2v) is 3.61. The van der Waals surface area contributed by atoms with E-state index in [1.807, 2.05) is 6.92 Å². The minimum atomic E-state index is -1.01. The van der Waals surface area contributed by atoms with Crippen molar-refractivity contribution in [2.75, 3.05) is 0 Å². The molecule has 0 bridgehead atoms. The van der Waals surface area contributed by atoms with Crippen LogP contribution in [0.5, 0.6) is 0 Å². The van der Waals surface area contributed by atoms with E-state index in [2.05, 4.69) is 0 Å². The van der Waals surface area contributed by atoms with E-state index < -0.39 is 12.2 Å². The average molecular weight is 212 g/mol. The second kappa shape index (κ2) is 5.09. The smallest absolute Gasteiger partial charge is 0.339 e. The minimum Gasteiger partial charge on any atom is -0.423 e. The molecule has 0 aromatic carbocycles. The Morgan fingerprint density at radius 2 is 2.20 bits per heavy atom. The van der Waals surface area contributed by atoms with Crippen molar-refractivity contribution in [3.63, 3.8) is 0 Å². The molecule has 84 valence electrons. The molecular formula is C11H16O4. The van der Waals surface area contributed by atoms with E-state index >= 15 is 0 Å². The quantitative estimate of drug-likeness (QED) is 0.679. The summed E-state index contributed by atoms with van der Waals surface area (Å²) in [6.07, 6.45) is 2.60.